The Kier molecular flexibility index (Phi) is 5.32. The summed E-state index contributed by atoms with van der Waals surface area (Å²) in [6.45, 7) is 7.04. The van der Waals surface area contributed by atoms with Crippen LogP contribution < -0.4 is 9.03 Å². The molecule has 1 heterocycles. The van der Waals surface area contributed by atoms with E-state index in [0.29, 0.717) is 12.1 Å². The lowest BCUT2D eigenvalue weighted by molar-refractivity contribution is -0.123. The molecule has 0 saturated carbocycles. The van der Waals surface area contributed by atoms with E-state index in [9.17, 15) is 21.6 Å². The van der Waals surface area contributed by atoms with Crippen molar-refractivity contribution in [2.75, 3.05) is 16.6 Å². The number of carbonyl (C=O) groups excluding carboxylic acids is 1. The Morgan fingerprint density at radius 1 is 1.28 bits per heavy atom. The zero-order valence-electron chi connectivity index (χ0n) is 14.9. The van der Waals surface area contributed by atoms with Crippen molar-refractivity contribution in [3.8, 4) is 0 Å². The van der Waals surface area contributed by atoms with E-state index in [-0.39, 0.29) is 16.3 Å². The maximum Gasteiger partial charge on any atom is 0.247 e. The first-order valence-corrected chi connectivity index (χ1v) is 11.2. The second-order valence-corrected chi connectivity index (χ2v) is 10.5. The summed E-state index contributed by atoms with van der Waals surface area (Å²) in [5.41, 5.74) is -0.450. The lowest BCUT2D eigenvalue weighted by Crippen LogP contribution is -2.33. The highest BCUT2D eigenvalue weighted by molar-refractivity contribution is 7.94. The molecule has 1 fully saturated rings. The van der Waals surface area contributed by atoms with Crippen molar-refractivity contribution >= 4 is 31.6 Å². The van der Waals surface area contributed by atoms with Crippen LogP contribution in [-0.2, 0) is 24.8 Å². The van der Waals surface area contributed by atoms with Gasteiger partial charge in [0.25, 0.3) is 0 Å². The Hall–Kier alpha value is -1.45. The van der Waals surface area contributed by atoms with E-state index in [0.717, 1.165) is 17.1 Å². The summed E-state index contributed by atoms with van der Waals surface area (Å²) in [4.78, 5) is 12.5. The topological polar surface area (TPSA) is 101 Å². The number of rotatable bonds is 6. The van der Waals surface area contributed by atoms with Crippen molar-refractivity contribution < 1.29 is 21.6 Å². The van der Waals surface area contributed by atoms with Crippen LogP contribution in [0.3, 0.4) is 0 Å². The van der Waals surface area contributed by atoms with Gasteiger partial charge in [-0.15, -0.1) is 0 Å². The van der Waals surface area contributed by atoms with Crippen LogP contribution >= 0.6 is 0 Å². The molecule has 0 radical (unpaired) electrons. The fourth-order valence-corrected chi connectivity index (χ4v) is 6.18. The van der Waals surface area contributed by atoms with E-state index in [4.69, 9.17) is 0 Å². The average molecular weight is 389 g/mol. The Bertz CT molecular complexity index is 889. The van der Waals surface area contributed by atoms with E-state index < -0.39 is 31.4 Å². The van der Waals surface area contributed by atoms with Crippen LogP contribution in [0.1, 0.15) is 39.2 Å². The first-order valence-electron chi connectivity index (χ1n) is 8.10. The van der Waals surface area contributed by atoms with Crippen LogP contribution in [0.4, 0.5) is 5.69 Å². The fraction of sp³-hybridized carbons (Fsp3) is 0.562. The van der Waals surface area contributed by atoms with Gasteiger partial charge in [-0.3, -0.25) is 4.79 Å². The summed E-state index contributed by atoms with van der Waals surface area (Å²) >= 11 is 0. The van der Waals surface area contributed by atoms with Crippen LogP contribution in [0.25, 0.3) is 0 Å². The molecule has 0 atom stereocenters. The molecule has 2 rings (SSSR count). The number of nitrogens with zero attached hydrogens (tertiary/aromatic N) is 1. The molecule has 0 bridgehead atoms. The standard InChI is InChI=1S/C16H24N2O5S2/c1-5-6-9-17-25(22,23)14-8-7-13(10-12(14)2)18-15(19)16(3,4)11-24(18,20)21/h7-8,10,17H,5-6,9,11H2,1-4H3. The highest BCUT2D eigenvalue weighted by atomic mass is 32.2. The van der Waals surface area contributed by atoms with Gasteiger partial charge in [-0.1, -0.05) is 13.3 Å². The molecule has 7 nitrogen and oxygen atoms in total. The van der Waals surface area contributed by atoms with Crippen LogP contribution in [0.2, 0.25) is 0 Å². The lowest BCUT2D eigenvalue weighted by Gasteiger charge is -2.19. The number of anilines is 1. The molecule has 1 aromatic carbocycles. The molecule has 9 heteroatoms. The number of hydrogen-bond donors (Lipinski definition) is 1. The molecule has 1 amide bonds. The maximum absolute atomic E-state index is 12.4. The SMILES string of the molecule is CCCCNS(=O)(=O)c1ccc(N2C(=O)C(C)(C)CS2(=O)=O)cc1C. The monoisotopic (exact) mass is 388 g/mol. The van der Waals surface area contributed by atoms with Crippen molar-refractivity contribution in [3.63, 3.8) is 0 Å². The van der Waals surface area contributed by atoms with Crippen molar-refractivity contribution in [2.24, 2.45) is 5.41 Å². The zero-order valence-corrected chi connectivity index (χ0v) is 16.5. The minimum absolute atomic E-state index is 0.0793. The average Bonchev–Trinajstić information content (AvgIpc) is 2.62. The molecule has 0 spiro atoms. The molecule has 1 aliphatic rings. The van der Waals surface area contributed by atoms with E-state index in [1.54, 1.807) is 20.8 Å². The Morgan fingerprint density at radius 2 is 1.92 bits per heavy atom. The molecule has 1 N–H and O–H groups in total. The lowest BCUT2D eigenvalue weighted by atomic mass is 9.95. The van der Waals surface area contributed by atoms with Crippen LogP contribution in [0, 0.1) is 12.3 Å². The molecule has 25 heavy (non-hydrogen) atoms. The van der Waals surface area contributed by atoms with Crippen molar-refractivity contribution in [1.29, 1.82) is 0 Å². The first-order chi connectivity index (χ1) is 11.4. The quantitative estimate of drug-likeness (QED) is 0.749. The minimum atomic E-state index is -3.76. The number of nitrogens with one attached hydrogen (secondary N) is 1. The number of aryl methyl sites for hydroxylation is 1. The molecule has 1 aromatic rings. The van der Waals surface area contributed by atoms with E-state index in [1.165, 1.54) is 18.2 Å². The van der Waals surface area contributed by atoms with Gasteiger partial charge in [-0.05, 0) is 51.0 Å². The second-order valence-electron chi connectivity index (χ2n) is 6.91. The molecule has 0 aromatic heterocycles. The van der Waals surface area contributed by atoms with E-state index >= 15 is 0 Å². The summed E-state index contributed by atoms with van der Waals surface area (Å²) in [5.74, 6) is -0.778. The smallest absolute Gasteiger partial charge is 0.247 e. The Balaban J connectivity index is 2.39. The van der Waals surface area contributed by atoms with Crippen molar-refractivity contribution in [2.45, 2.75) is 45.4 Å². The van der Waals surface area contributed by atoms with Gasteiger partial charge in [0.15, 0.2) is 0 Å². The number of amides is 1. The summed E-state index contributed by atoms with van der Waals surface area (Å²) < 4.78 is 52.6. The predicted molar refractivity (Wildman–Crippen MR) is 96.3 cm³/mol. The number of benzene rings is 1. The zero-order chi connectivity index (χ0) is 19.0. The van der Waals surface area contributed by atoms with Crippen LogP contribution in [0.5, 0.6) is 0 Å². The van der Waals surface area contributed by atoms with E-state index in [2.05, 4.69) is 4.72 Å². The van der Waals surface area contributed by atoms with Gasteiger partial charge < -0.3 is 0 Å². The number of sulfonamides is 2. The second kappa shape index (κ2) is 6.69. The van der Waals surface area contributed by atoms with Crippen LogP contribution in [-0.4, -0.2) is 35.0 Å². The van der Waals surface area contributed by atoms with Gasteiger partial charge in [0, 0.05) is 6.54 Å². The molecule has 1 saturated heterocycles. The maximum atomic E-state index is 12.4. The summed E-state index contributed by atoms with van der Waals surface area (Å²) in [7, 11) is -7.43. The summed E-state index contributed by atoms with van der Waals surface area (Å²) in [5, 5.41) is 0. The first kappa shape index (κ1) is 19.9. The third-order valence-corrected chi connectivity index (χ3v) is 7.73. The molecule has 1 aliphatic heterocycles. The van der Waals surface area contributed by atoms with Gasteiger partial charge in [0.1, 0.15) is 0 Å². The third kappa shape index (κ3) is 3.88. The molecule has 0 aliphatic carbocycles. The molecular weight excluding hydrogens is 364 g/mol. The highest BCUT2D eigenvalue weighted by Gasteiger charge is 2.50. The van der Waals surface area contributed by atoms with Gasteiger partial charge >= 0.3 is 0 Å². The van der Waals surface area contributed by atoms with Gasteiger partial charge in [-0.2, -0.15) is 0 Å². The Labute approximate surface area is 149 Å². The molecule has 140 valence electrons. The molecule has 0 unspecified atom stereocenters. The number of carbonyl (C=O) groups is 1. The number of hydrogen-bond acceptors (Lipinski definition) is 5. The highest BCUT2D eigenvalue weighted by Crippen LogP contribution is 2.36. The molecular formula is C16H24N2O5S2. The normalized spacial score (nSPS) is 19.4. The Morgan fingerprint density at radius 3 is 2.40 bits per heavy atom. The number of unbranched alkanes of at least 4 members (excludes halogenated alkanes) is 1. The largest absolute Gasteiger partial charge is 0.273 e. The van der Waals surface area contributed by atoms with E-state index in [1.807, 2.05) is 6.92 Å². The summed E-state index contributed by atoms with van der Waals surface area (Å²) in [6, 6.07) is 4.12. The van der Waals surface area contributed by atoms with Crippen molar-refractivity contribution in [1.82, 2.24) is 4.72 Å². The van der Waals surface area contributed by atoms with Gasteiger partial charge in [-0.25, -0.2) is 25.9 Å². The van der Waals surface area contributed by atoms with Crippen LogP contribution in [0.15, 0.2) is 23.1 Å². The van der Waals surface area contributed by atoms with Gasteiger partial charge in [0.2, 0.25) is 26.0 Å². The van der Waals surface area contributed by atoms with Crippen molar-refractivity contribution in [3.05, 3.63) is 23.8 Å². The third-order valence-electron chi connectivity index (χ3n) is 4.09. The predicted octanol–water partition coefficient (Wildman–Crippen LogP) is 1.78. The fourth-order valence-electron chi connectivity index (χ4n) is 2.78. The summed E-state index contributed by atoms with van der Waals surface area (Å²) in [6.07, 6.45) is 1.59. The van der Waals surface area contributed by atoms with Gasteiger partial charge in [0.05, 0.1) is 21.8 Å². The minimum Gasteiger partial charge on any atom is -0.273 e.